The van der Waals surface area contributed by atoms with E-state index in [0.717, 1.165) is 11.3 Å². The van der Waals surface area contributed by atoms with Gasteiger partial charge >= 0.3 is 0 Å². The second kappa shape index (κ2) is 5.75. The minimum absolute atomic E-state index is 0.216. The smallest absolute Gasteiger partial charge is 0.286 e. The van der Waals surface area contributed by atoms with E-state index in [1.807, 2.05) is 5.38 Å². The van der Waals surface area contributed by atoms with E-state index in [4.69, 9.17) is 0 Å². The Hall–Kier alpha value is -2.05. The number of hydrogen-bond donors (Lipinski definition) is 1. The molecule has 0 aliphatic heterocycles. The van der Waals surface area contributed by atoms with Gasteiger partial charge in [0, 0.05) is 22.5 Å². The standard InChI is InChI=1S/C15H13N3OS2/c1-9-3-4-11(10(2)7-9)12-8-21-15(17-12)18-13(19)14-16-5-6-20-14/h3-8H,1-2H3,(H,17,18,19). The Morgan fingerprint density at radius 3 is 2.81 bits per heavy atom. The number of aryl methyl sites for hydroxylation is 2. The van der Waals surface area contributed by atoms with Gasteiger partial charge in [0.15, 0.2) is 10.1 Å². The zero-order valence-electron chi connectivity index (χ0n) is 11.6. The number of hydrogen-bond acceptors (Lipinski definition) is 5. The van der Waals surface area contributed by atoms with Crippen molar-refractivity contribution in [2.24, 2.45) is 0 Å². The van der Waals surface area contributed by atoms with Crippen molar-refractivity contribution in [1.29, 1.82) is 0 Å². The Morgan fingerprint density at radius 2 is 2.10 bits per heavy atom. The molecule has 0 spiro atoms. The van der Waals surface area contributed by atoms with Gasteiger partial charge in [-0.2, -0.15) is 0 Å². The highest BCUT2D eigenvalue weighted by atomic mass is 32.1. The second-order valence-electron chi connectivity index (χ2n) is 4.65. The van der Waals surface area contributed by atoms with Crippen LogP contribution in [0, 0.1) is 13.8 Å². The van der Waals surface area contributed by atoms with Gasteiger partial charge < -0.3 is 0 Å². The SMILES string of the molecule is Cc1ccc(-c2csc(NC(=O)c3nccs3)n2)c(C)c1. The largest absolute Gasteiger partial charge is 0.296 e. The van der Waals surface area contributed by atoms with Crippen molar-refractivity contribution in [3.8, 4) is 11.3 Å². The van der Waals surface area contributed by atoms with Crippen molar-refractivity contribution < 1.29 is 4.79 Å². The third-order valence-corrected chi connectivity index (χ3v) is 4.54. The van der Waals surface area contributed by atoms with Gasteiger partial charge in [0.25, 0.3) is 5.91 Å². The van der Waals surface area contributed by atoms with Gasteiger partial charge in [-0.25, -0.2) is 9.97 Å². The number of thiazole rings is 2. The Morgan fingerprint density at radius 1 is 1.24 bits per heavy atom. The van der Waals surface area contributed by atoms with Crippen LogP contribution in [0.1, 0.15) is 20.9 Å². The Kier molecular flexibility index (Phi) is 3.81. The molecule has 0 aliphatic rings. The number of benzene rings is 1. The van der Waals surface area contributed by atoms with Gasteiger partial charge in [-0.15, -0.1) is 22.7 Å². The quantitative estimate of drug-likeness (QED) is 0.790. The van der Waals surface area contributed by atoms with Gasteiger partial charge in [-0.1, -0.05) is 23.8 Å². The number of nitrogens with zero attached hydrogens (tertiary/aromatic N) is 2. The molecular formula is C15H13N3OS2. The van der Waals surface area contributed by atoms with Crippen molar-refractivity contribution in [1.82, 2.24) is 9.97 Å². The predicted molar refractivity (Wildman–Crippen MR) is 87.1 cm³/mol. The van der Waals surface area contributed by atoms with E-state index in [9.17, 15) is 4.79 Å². The van der Waals surface area contributed by atoms with Crippen LogP contribution in [0.25, 0.3) is 11.3 Å². The fraction of sp³-hybridized carbons (Fsp3) is 0.133. The molecule has 1 aromatic carbocycles. The molecular weight excluding hydrogens is 302 g/mol. The van der Waals surface area contributed by atoms with Crippen LogP contribution in [0.4, 0.5) is 5.13 Å². The molecule has 106 valence electrons. The fourth-order valence-electron chi connectivity index (χ4n) is 2.04. The number of anilines is 1. The van der Waals surface area contributed by atoms with E-state index >= 15 is 0 Å². The minimum Gasteiger partial charge on any atom is -0.296 e. The molecule has 2 heterocycles. The topological polar surface area (TPSA) is 54.9 Å². The van der Waals surface area contributed by atoms with Crippen LogP contribution in [0.2, 0.25) is 0 Å². The number of carbonyl (C=O) groups excluding carboxylic acids is 1. The summed E-state index contributed by atoms with van der Waals surface area (Å²) in [5, 5.41) is 7.54. The summed E-state index contributed by atoms with van der Waals surface area (Å²) in [4.78, 5) is 20.4. The van der Waals surface area contributed by atoms with Crippen molar-refractivity contribution in [2.75, 3.05) is 5.32 Å². The fourth-order valence-corrected chi connectivity index (χ4v) is 3.28. The average Bonchev–Trinajstić information content (AvgIpc) is 3.09. The first-order chi connectivity index (χ1) is 10.1. The normalized spacial score (nSPS) is 10.6. The first-order valence-corrected chi connectivity index (χ1v) is 8.13. The molecule has 3 rings (SSSR count). The zero-order valence-corrected chi connectivity index (χ0v) is 13.2. The summed E-state index contributed by atoms with van der Waals surface area (Å²) < 4.78 is 0. The van der Waals surface area contributed by atoms with Crippen LogP contribution in [-0.2, 0) is 0 Å². The first kappa shape index (κ1) is 13.9. The molecule has 0 atom stereocenters. The molecule has 0 unspecified atom stereocenters. The molecule has 1 amide bonds. The van der Waals surface area contributed by atoms with Crippen LogP contribution < -0.4 is 5.32 Å². The van der Waals surface area contributed by atoms with Gasteiger partial charge in [0.05, 0.1) is 5.69 Å². The van der Waals surface area contributed by atoms with Crippen molar-refractivity contribution in [3.05, 3.63) is 51.3 Å². The van der Waals surface area contributed by atoms with Crippen LogP contribution in [0.15, 0.2) is 35.2 Å². The summed E-state index contributed by atoms with van der Waals surface area (Å²) in [6, 6.07) is 6.25. The number of amides is 1. The lowest BCUT2D eigenvalue weighted by Gasteiger charge is -2.03. The lowest BCUT2D eigenvalue weighted by Crippen LogP contribution is -2.11. The third kappa shape index (κ3) is 3.01. The summed E-state index contributed by atoms with van der Waals surface area (Å²) in [7, 11) is 0. The van der Waals surface area contributed by atoms with Gasteiger partial charge in [-0.3, -0.25) is 10.1 Å². The van der Waals surface area contributed by atoms with Gasteiger partial charge in [0.1, 0.15) is 0 Å². The predicted octanol–water partition coefficient (Wildman–Crippen LogP) is 4.14. The van der Waals surface area contributed by atoms with Crippen LogP contribution in [-0.4, -0.2) is 15.9 Å². The Labute approximate surface area is 130 Å². The van der Waals surface area contributed by atoms with E-state index in [2.05, 4.69) is 47.3 Å². The van der Waals surface area contributed by atoms with Crippen LogP contribution in [0.3, 0.4) is 0 Å². The summed E-state index contributed by atoms with van der Waals surface area (Å²) in [5.41, 5.74) is 4.38. The van der Waals surface area contributed by atoms with E-state index in [0.29, 0.717) is 10.1 Å². The maximum atomic E-state index is 11.9. The zero-order chi connectivity index (χ0) is 14.8. The average molecular weight is 315 g/mol. The molecule has 1 N–H and O–H groups in total. The number of rotatable bonds is 3. The van der Waals surface area contributed by atoms with E-state index in [-0.39, 0.29) is 5.91 Å². The highest BCUT2D eigenvalue weighted by Gasteiger charge is 2.12. The molecule has 3 aromatic rings. The summed E-state index contributed by atoms with van der Waals surface area (Å²) >= 11 is 2.73. The summed E-state index contributed by atoms with van der Waals surface area (Å²) in [5.74, 6) is -0.216. The lowest BCUT2D eigenvalue weighted by atomic mass is 10.0. The molecule has 21 heavy (non-hydrogen) atoms. The molecule has 6 heteroatoms. The molecule has 0 bridgehead atoms. The monoisotopic (exact) mass is 315 g/mol. The Bertz CT molecular complexity index is 778. The van der Waals surface area contributed by atoms with Gasteiger partial charge in [-0.05, 0) is 19.4 Å². The van der Waals surface area contributed by atoms with Crippen molar-refractivity contribution >= 4 is 33.7 Å². The number of carbonyl (C=O) groups is 1. The van der Waals surface area contributed by atoms with E-state index in [1.54, 1.807) is 11.6 Å². The second-order valence-corrected chi connectivity index (χ2v) is 6.40. The maximum Gasteiger partial charge on any atom is 0.286 e. The number of aromatic nitrogens is 2. The first-order valence-electron chi connectivity index (χ1n) is 6.37. The molecule has 0 saturated heterocycles. The van der Waals surface area contributed by atoms with Crippen LogP contribution in [0.5, 0.6) is 0 Å². The van der Waals surface area contributed by atoms with Gasteiger partial charge in [0.2, 0.25) is 0 Å². The molecule has 0 aliphatic carbocycles. The molecule has 0 radical (unpaired) electrons. The molecule has 4 nitrogen and oxygen atoms in total. The van der Waals surface area contributed by atoms with E-state index < -0.39 is 0 Å². The van der Waals surface area contributed by atoms with Crippen molar-refractivity contribution in [3.63, 3.8) is 0 Å². The molecule has 0 saturated carbocycles. The van der Waals surface area contributed by atoms with Crippen molar-refractivity contribution in [2.45, 2.75) is 13.8 Å². The van der Waals surface area contributed by atoms with Crippen LogP contribution >= 0.6 is 22.7 Å². The molecule has 2 aromatic heterocycles. The lowest BCUT2D eigenvalue weighted by molar-refractivity contribution is 0.102. The minimum atomic E-state index is -0.216. The highest BCUT2D eigenvalue weighted by molar-refractivity contribution is 7.14. The summed E-state index contributed by atoms with van der Waals surface area (Å²) in [6.45, 7) is 4.13. The highest BCUT2D eigenvalue weighted by Crippen LogP contribution is 2.28. The number of nitrogens with one attached hydrogen (secondary N) is 1. The Balaban J connectivity index is 1.82. The maximum absolute atomic E-state index is 11.9. The summed E-state index contributed by atoms with van der Waals surface area (Å²) in [6.07, 6.45) is 1.61. The third-order valence-electron chi connectivity index (χ3n) is 3.01. The van der Waals surface area contributed by atoms with E-state index in [1.165, 1.54) is 33.8 Å². The molecule has 0 fully saturated rings.